The number of hydrogen-bond acceptors (Lipinski definition) is 4. The second-order valence-corrected chi connectivity index (χ2v) is 7.73. The van der Waals surface area contributed by atoms with Crippen LogP contribution < -0.4 is 0 Å². The molecule has 0 bridgehead atoms. The van der Waals surface area contributed by atoms with Crippen LogP contribution in [0.15, 0.2) is 12.7 Å². The first-order valence-electron chi connectivity index (χ1n) is 9.67. The number of piperidine rings is 1. The molecule has 3 aliphatic rings. The van der Waals surface area contributed by atoms with Crippen molar-refractivity contribution in [1.29, 1.82) is 0 Å². The van der Waals surface area contributed by atoms with E-state index < -0.39 is 0 Å². The zero-order valence-electron chi connectivity index (χ0n) is 14.5. The van der Waals surface area contributed by atoms with Gasteiger partial charge in [-0.1, -0.05) is 12.8 Å². The second kappa shape index (κ2) is 7.21. The number of aromatic nitrogens is 3. The van der Waals surface area contributed by atoms with Gasteiger partial charge in [-0.05, 0) is 51.0 Å². The van der Waals surface area contributed by atoms with Crippen LogP contribution in [0.1, 0.15) is 51.4 Å². The summed E-state index contributed by atoms with van der Waals surface area (Å²) in [4.78, 5) is 21.6. The third kappa shape index (κ3) is 3.34. The van der Waals surface area contributed by atoms with Gasteiger partial charge in [0.05, 0.1) is 13.1 Å². The van der Waals surface area contributed by atoms with Crippen molar-refractivity contribution in [3.8, 4) is 0 Å². The van der Waals surface area contributed by atoms with E-state index >= 15 is 0 Å². The number of nitrogens with zero attached hydrogens (tertiary/aromatic N) is 5. The van der Waals surface area contributed by atoms with Gasteiger partial charge in [-0.15, -0.1) is 0 Å². The highest BCUT2D eigenvalue weighted by molar-refractivity contribution is 5.78. The third-order valence-electron chi connectivity index (χ3n) is 6.27. The van der Waals surface area contributed by atoms with Gasteiger partial charge < -0.3 is 4.90 Å². The summed E-state index contributed by atoms with van der Waals surface area (Å²) in [6, 6.07) is 0.943. The fourth-order valence-electron chi connectivity index (χ4n) is 5.05. The van der Waals surface area contributed by atoms with E-state index in [2.05, 4.69) is 19.9 Å². The van der Waals surface area contributed by atoms with Crippen molar-refractivity contribution < 1.29 is 4.79 Å². The molecule has 24 heavy (non-hydrogen) atoms. The smallest absolute Gasteiger partial charge is 0.237 e. The predicted octanol–water partition coefficient (Wildman–Crippen LogP) is 1.92. The Morgan fingerprint density at radius 1 is 1.04 bits per heavy atom. The summed E-state index contributed by atoms with van der Waals surface area (Å²) in [5.74, 6) is 1.12. The van der Waals surface area contributed by atoms with E-state index in [-0.39, 0.29) is 0 Å². The first-order valence-corrected chi connectivity index (χ1v) is 9.67. The maximum absolute atomic E-state index is 13.0. The molecular formula is C18H29N5O. The first kappa shape index (κ1) is 16.1. The number of likely N-dealkylation sites (tertiary alicyclic amines) is 2. The first-order chi connectivity index (χ1) is 11.8. The highest BCUT2D eigenvalue weighted by atomic mass is 16.2. The molecule has 0 aromatic carbocycles. The van der Waals surface area contributed by atoms with E-state index in [4.69, 9.17) is 0 Å². The van der Waals surface area contributed by atoms with E-state index in [1.165, 1.54) is 44.9 Å². The molecule has 0 N–H and O–H groups in total. The van der Waals surface area contributed by atoms with Crippen molar-refractivity contribution in [2.24, 2.45) is 5.92 Å². The molecule has 1 amide bonds. The normalized spacial score (nSPS) is 31.2. The fourth-order valence-corrected chi connectivity index (χ4v) is 5.05. The van der Waals surface area contributed by atoms with Gasteiger partial charge >= 0.3 is 0 Å². The summed E-state index contributed by atoms with van der Waals surface area (Å²) in [6.45, 7) is 3.44. The standard InChI is InChI=1S/C18H29N5O/c24-18(23-10-3-6-15-5-1-2-8-17(15)23)12-21-9-4-7-16(21)11-22-14-19-13-20-22/h13-17H,1-12H2/t15-,16+,17-/m0/s1. The van der Waals surface area contributed by atoms with Crippen LogP contribution in [0, 0.1) is 5.92 Å². The minimum atomic E-state index is 0.358. The van der Waals surface area contributed by atoms with Crippen molar-refractivity contribution >= 4 is 5.91 Å². The molecule has 132 valence electrons. The SMILES string of the molecule is O=C(CN1CCC[C@@H]1Cn1cncn1)N1CCC[C@@H]2CCCC[C@@H]21. The Morgan fingerprint density at radius 3 is 2.75 bits per heavy atom. The van der Waals surface area contributed by atoms with Gasteiger partial charge in [0.2, 0.25) is 5.91 Å². The molecule has 0 spiro atoms. The molecule has 6 heteroatoms. The lowest BCUT2D eigenvalue weighted by Crippen LogP contribution is -2.53. The summed E-state index contributed by atoms with van der Waals surface area (Å²) in [5, 5.41) is 4.22. The predicted molar refractivity (Wildman–Crippen MR) is 91.3 cm³/mol. The van der Waals surface area contributed by atoms with Gasteiger partial charge in [0.15, 0.2) is 0 Å². The zero-order chi connectivity index (χ0) is 16.4. The van der Waals surface area contributed by atoms with E-state index in [0.29, 0.717) is 24.5 Å². The summed E-state index contributed by atoms with van der Waals surface area (Å²) < 4.78 is 1.89. The highest BCUT2D eigenvalue weighted by Crippen LogP contribution is 2.35. The number of hydrogen-bond donors (Lipinski definition) is 0. The molecule has 3 fully saturated rings. The average Bonchev–Trinajstić information content (AvgIpc) is 3.27. The van der Waals surface area contributed by atoms with E-state index in [1.807, 2.05) is 4.68 Å². The van der Waals surface area contributed by atoms with Gasteiger partial charge in [0.1, 0.15) is 12.7 Å². The molecule has 6 nitrogen and oxygen atoms in total. The zero-order valence-corrected chi connectivity index (χ0v) is 14.5. The van der Waals surface area contributed by atoms with Gasteiger partial charge in [-0.2, -0.15) is 5.10 Å². The molecule has 3 heterocycles. The van der Waals surface area contributed by atoms with Gasteiger partial charge in [0.25, 0.3) is 0 Å². The van der Waals surface area contributed by atoms with Crippen LogP contribution in [-0.2, 0) is 11.3 Å². The Bertz CT molecular complexity index is 544. The minimum Gasteiger partial charge on any atom is -0.338 e. The third-order valence-corrected chi connectivity index (χ3v) is 6.27. The van der Waals surface area contributed by atoms with Gasteiger partial charge in [-0.25, -0.2) is 4.98 Å². The average molecular weight is 331 g/mol. The molecule has 2 aliphatic heterocycles. The van der Waals surface area contributed by atoms with Crippen LogP contribution in [-0.4, -0.2) is 62.2 Å². The summed E-state index contributed by atoms with van der Waals surface area (Å²) in [7, 11) is 0. The largest absolute Gasteiger partial charge is 0.338 e. The van der Waals surface area contributed by atoms with Crippen molar-refractivity contribution in [3.63, 3.8) is 0 Å². The monoisotopic (exact) mass is 331 g/mol. The van der Waals surface area contributed by atoms with Gasteiger partial charge in [-0.3, -0.25) is 14.4 Å². The number of carbonyl (C=O) groups is 1. The molecular weight excluding hydrogens is 302 g/mol. The molecule has 1 aromatic heterocycles. The van der Waals surface area contributed by atoms with Crippen molar-refractivity contribution in [3.05, 3.63) is 12.7 Å². The Hall–Kier alpha value is -1.43. The lowest BCUT2D eigenvalue weighted by molar-refractivity contribution is -0.139. The molecule has 1 saturated carbocycles. The van der Waals surface area contributed by atoms with Crippen LogP contribution in [0.2, 0.25) is 0 Å². The number of rotatable bonds is 4. The summed E-state index contributed by atoms with van der Waals surface area (Å²) in [6.07, 6.45) is 13.4. The fraction of sp³-hybridized carbons (Fsp3) is 0.833. The van der Waals surface area contributed by atoms with Crippen LogP contribution in [0.3, 0.4) is 0 Å². The molecule has 3 atom stereocenters. The molecule has 2 saturated heterocycles. The quantitative estimate of drug-likeness (QED) is 0.846. The topological polar surface area (TPSA) is 54.3 Å². The number of fused-ring (bicyclic) bond motifs is 1. The van der Waals surface area contributed by atoms with Crippen molar-refractivity contribution in [2.45, 2.75) is 70.0 Å². The summed E-state index contributed by atoms with van der Waals surface area (Å²) in [5.41, 5.74) is 0. The van der Waals surface area contributed by atoms with Gasteiger partial charge in [0, 0.05) is 18.6 Å². The molecule has 1 aliphatic carbocycles. The molecule has 0 radical (unpaired) electrons. The highest BCUT2D eigenvalue weighted by Gasteiger charge is 2.37. The van der Waals surface area contributed by atoms with E-state index in [1.54, 1.807) is 12.7 Å². The molecule has 1 aromatic rings. The van der Waals surface area contributed by atoms with Crippen LogP contribution in [0.5, 0.6) is 0 Å². The maximum Gasteiger partial charge on any atom is 0.237 e. The van der Waals surface area contributed by atoms with Crippen LogP contribution in [0.25, 0.3) is 0 Å². The molecule has 4 rings (SSSR count). The Kier molecular flexibility index (Phi) is 4.83. The van der Waals surface area contributed by atoms with Crippen molar-refractivity contribution in [2.75, 3.05) is 19.6 Å². The minimum absolute atomic E-state index is 0.358. The lowest BCUT2D eigenvalue weighted by atomic mass is 9.78. The van der Waals surface area contributed by atoms with E-state index in [0.717, 1.165) is 32.0 Å². The van der Waals surface area contributed by atoms with E-state index in [9.17, 15) is 4.79 Å². The van der Waals surface area contributed by atoms with Crippen LogP contribution >= 0.6 is 0 Å². The Morgan fingerprint density at radius 2 is 1.88 bits per heavy atom. The number of amides is 1. The van der Waals surface area contributed by atoms with Crippen LogP contribution in [0.4, 0.5) is 0 Å². The Labute approximate surface area is 144 Å². The maximum atomic E-state index is 13.0. The second-order valence-electron chi connectivity index (χ2n) is 7.73. The molecule has 0 unspecified atom stereocenters. The Balaban J connectivity index is 1.37. The number of carbonyl (C=O) groups excluding carboxylic acids is 1. The van der Waals surface area contributed by atoms with Crippen molar-refractivity contribution in [1.82, 2.24) is 24.6 Å². The summed E-state index contributed by atoms with van der Waals surface area (Å²) >= 11 is 0. The lowest BCUT2D eigenvalue weighted by Gasteiger charge is -2.44.